The Morgan fingerprint density at radius 2 is 1.96 bits per heavy atom. The second-order valence-electron chi connectivity index (χ2n) is 5.84. The zero-order chi connectivity index (χ0) is 18.5. The first-order valence-electron chi connectivity index (χ1n) is 8.09. The smallest absolute Gasteiger partial charge is 0.278 e. The molecule has 9 heteroatoms. The van der Waals surface area contributed by atoms with E-state index in [0.717, 1.165) is 5.56 Å². The summed E-state index contributed by atoms with van der Waals surface area (Å²) in [5.74, 6) is 0.573. The maximum Gasteiger partial charge on any atom is 0.278 e. The summed E-state index contributed by atoms with van der Waals surface area (Å²) in [4.78, 5) is 32.5. The Labute approximate surface area is 149 Å². The molecule has 0 spiro atoms. The minimum atomic E-state index is -0.464. The molecule has 0 radical (unpaired) electrons. The lowest BCUT2D eigenvalue weighted by Gasteiger charge is -2.17. The number of carbonyl (C=O) groups excluding carboxylic acids is 1. The highest BCUT2D eigenvalue weighted by molar-refractivity contribution is 5.79. The molecule has 1 aliphatic rings. The van der Waals surface area contributed by atoms with Crippen molar-refractivity contribution in [2.75, 3.05) is 20.2 Å². The molecule has 2 aromatic rings. The fourth-order valence-corrected chi connectivity index (χ4v) is 2.76. The molecule has 0 N–H and O–H groups in total. The number of hydrogen-bond donors (Lipinski definition) is 0. The van der Waals surface area contributed by atoms with Gasteiger partial charge in [-0.3, -0.25) is 14.9 Å². The van der Waals surface area contributed by atoms with Crippen LogP contribution in [-0.2, 0) is 11.2 Å². The average molecular weight is 358 g/mol. The van der Waals surface area contributed by atoms with Crippen LogP contribution in [0, 0.1) is 10.1 Å². The molecule has 1 atom stereocenters. The fraction of sp³-hybridized carbons (Fsp3) is 0.353. The number of nitro groups is 1. The number of carbonyl (C=O) groups is 1. The van der Waals surface area contributed by atoms with E-state index < -0.39 is 4.92 Å². The van der Waals surface area contributed by atoms with Gasteiger partial charge in [-0.15, -0.1) is 0 Å². The van der Waals surface area contributed by atoms with Crippen LogP contribution in [0.3, 0.4) is 0 Å². The summed E-state index contributed by atoms with van der Waals surface area (Å²) in [6.45, 7) is 1.03. The largest absolute Gasteiger partial charge is 0.477 e. The van der Waals surface area contributed by atoms with Crippen molar-refractivity contribution < 1.29 is 19.2 Å². The molecule has 1 fully saturated rings. The van der Waals surface area contributed by atoms with Crippen molar-refractivity contribution in [3.63, 3.8) is 0 Å². The van der Waals surface area contributed by atoms with Crippen molar-refractivity contribution in [2.45, 2.75) is 18.9 Å². The summed E-state index contributed by atoms with van der Waals surface area (Å²) in [5.41, 5.74) is 0.745. The van der Waals surface area contributed by atoms with Gasteiger partial charge in [-0.05, 0) is 5.56 Å². The van der Waals surface area contributed by atoms with Gasteiger partial charge in [0.05, 0.1) is 25.0 Å². The number of aromatic nitrogens is 2. The molecule has 1 aromatic heterocycles. The predicted molar refractivity (Wildman–Crippen MR) is 91.0 cm³/mol. The molecule has 1 unspecified atom stereocenters. The number of methoxy groups -OCH3 is 1. The first kappa shape index (κ1) is 17.6. The van der Waals surface area contributed by atoms with E-state index in [1.165, 1.54) is 31.6 Å². The van der Waals surface area contributed by atoms with Gasteiger partial charge in [-0.25, -0.2) is 9.97 Å². The van der Waals surface area contributed by atoms with E-state index in [0.29, 0.717) is 31.3 Å². The number of benzene rings is 1. The van der Waals surface area contributed by atoms with E-state index in [9.17, 15) is 14.9 Å². The van der Waals surface area contributed by atoms with Gasteiger partial charge in [0.2, 0.25) is 5.91 Å². The summed E-state index contributed by atoms with van der Waals surface area (Å²) < 4.78 is 10.9. The standard InChI is InChI=1S/C17H18N4O5/c1-25-16-17(19-8-7-18-16)26-14-6-9-20(11-14)15(22)10-12-2-4-13(5-3-12)21(23)24/h2-5,7-8,14H,6,9-11H2,1H3. The van der Waals surface area contributed by atoms with E-state index in [2.05, 4.69) is 9.97 Å². The molecule has 26 heavy (non-hydrogen) atoms. The number of ether oxygens (including phenoxy) is 2. The molecule has 0 saturated carbocycles. The van der Waals surface area contributed by atoms with Crippen molar-refractivity contribution >= 4 is 11.6 Å². The summed E-state index contributed by atoms with van der Waals surface area (Å²) >= 11 is 0. The van der Waals surface area contributed by atoms with Crippen molar-refractivity contribution in [1.29, 1.82) is 0 Å². The summed E-state index contributed by atoms with van der Waals surface area (Å²) in [6.07, 6.45) is 3.73. The molecule has 136 valence electrons. The number of rotatable bonds is 6. The minimum absolute atomic E-state index is 0.00810. The number of nitro benzene ring substituents is 1. The van der Waals surface area contributed by atoms with Gasteiger partial charge >= 0.3 is 0 Å². The number of non-ortho nitro benzene ring substituents is 1. The lowest BCUT2D eigenvalue weighted by atomic mass is 10.1. The Balaban J connectivity index is 1.56. The Morgan fingerprint density at radius 1 is 1.27 bits per heavy atom. The fourth-order valence-electron chi connectivity index (χ4n) is 2.76. The van der Waals surface area contributed by atoms with E-state index in [-0.39, 0.29) is 24.1 Å². The number of amides is 1. The molecule has 9 nitrogen and oxygen atoms in total. The Bertz CT molecular complexity index is 796. The Kier molecular flexibility index (Phi) is 5.26. The summed E-state index contributed by atoms with van der Waals surface area (Å²) in [5, 5.41) is 10.7. The van der Waals surface area contributed by atoms with Crippen LogP contribution in [0.4, 0.5) is 5.69 Å². The second-order valence-corrected chi connectivity index (χ2v) is 5.84. The summed E-state index contributed by atoms with van der Waals surface area (Å²) in [7, 11) is 1.49. The first-order valence-corrected chi connectivity index (χ1v) is 8.09. The van der Waals surface area contributed by atoms with E-state index in [1.54, 1.807) is 17.0 Å². The lowest BCUT2D eigenvalue weighted by molar-refractivity contribution is -0.384. The van der Waals surface area contributed by atoms with Gasteiger partial charge in [0.25, 0.3) is 17.4 Å². The number of nitrogens with zero attached hydrogens (tertiary/aromatic N) is 4. The zero-order valence-corrected chi connectivity index (χ0v) is 14.2. The van der Waals surface area contributed by atoms with Crippen LogP contribution < -0.4 is 9.47 Å². The van der Waals surface area contributed by atoms with Gasteiger partial charge in [-0.1, -0.05) is 12.1 Å². The highest BCUT2D eigenvalue weighted by Gasteiger charge is 2.28. The van der Waals surface area contributed by atoms with Crippen LogP contribution in [0.1, 0.15) is 12.0 Å². The van der Waals surface area contributed by atoms with Gasteiger partial charge in [0.1, 0.15) is 6.10 Å². The quantitative estimate of drug-likeness (QED) is 0.570. The molecular formula is C17H18N4O5. The average Bonchev–Trinajstić information content (AvgIpc) is 3.11. The lowest BCUT2D eigenvalue weighted by Crippen LogP contribution is -2.32. The molecule has 1 saturated heterocycles. The third kappa shape index (κ3) is 4.05. The first-order chi connectivity index (χ1) is 12.6. The van der Waals surface area contributed by atoms with Gasteiger partial charge in [0, 0.05) is 37.5 Å². The second kappa shape index (κ2) is 7.77. The maximum atomic E-state index is 12.4. The SMILES string of the molecule is COc1nccnc1OC1CCN(C(=O)Cc2ccc([N+](=O)[O-])cc2)C1. The molecule has 1 amide bonds. The van der Waals surface area contributed by atoms with Gasteiger partial charge < -0.3 is 14.4 Å². The molecule has 0 aliphatic carbocycles. The van der Waals surface area contributed by atoms with Crippen LogP contribution in [0.25, 0.3) is 0 Å². The molecule has 1 aliphatic heterocycles. The van der Waals surface area contributed by atoms with Crippen LogP contribution in [0.2, 0.25) is 0 Å². The van der Waals surface area contributed by atoms with Crippen molar-refractivity contribution in [3.8, 4) is 11.8 Å². The van der Waals surface area contributed by atoms with E-state index in [1.807, 2.05) is 0 Å². The van der Waals surface area contributed by atoms with E-state index in [4.69, 9.17) is 9.47 Å². The predicted octanol–water partition coefficient (Wildman–Crippen LogP) is 1.62. The normalized spacial score (nSPS) is 16.3. The maximum absolute atomic E-state index is 12.4. The molecular weight excluding hydrogens is 340 g/mol. The number of likely N-dealkylation sites (tertiary alicyclic amines) is 1. The van der Waals surface area contributed by atoms with Gasteiger partial charge in [0.15, 0.2) is 0 Å². The molecule has 0 bridgehead atoms. The van der Waals surface area contributed by atoms with Crippen molar-refractivity contribution in [2.24, 2.45) is 0 Å². The summed E-state index contributed by atoms with van der Waals surface area (Å²) in [6, 6.07) is 6.01. The molecule has 3 rings (SSSR count). The third-order valence-corrected chi connectivity index (χ3v) is 4.11. The number of hydrogen-bond acceptors (Lipinski definition) is 7. The van der Waals surface area contributed by atoms with Crippen molar-refractivity contribution in [1.82, 2.24) is 14.9 Å². The van der Waals surface area contributed by atoms with Crippen molar-refractivity contribution in [3.05, 3.63) is 52.3 Å². The molecule has 2 heterocycles. The van der Waals surface area contributed by atoms with Gasteiger partial charge in [-0.2, -0.15) is 0 Å². The van der Waals surface area contributed by atoms with Crippen LogP contribution in [0.5, 0.6) is 11.8 Å². The Hall–Kier alpha value is -3.23. The minimum Gasteiger partial charge on any atom is -0.477 e. The Morgan fingerprint density at radius 3 is 2.62 bits per heavy atom. The highest BCUT2D eigenvalue weighted by Crippen LogP contribution is 2.24. The van der Waals surface area contributed by atoms with Crippen LogP contribution in [0.15, 0.2) is 36.7 Å². The topological polar surface area (TPSA) is 108 Å². The highest BCUT2D eigenvalue weighted by atomic mass is 16.6. The zero-order valence-electron chi connectivity index (χ0n) is 14.2. The molecule has 1 aromatic carbocycles. The van der Waals surface area contributed by atoms with Crippen LogP contribution in [-0.4, -0.2) is 52.0 Å². The third-order valence-electron chi connectivity index (χ3n) is 4.11. The monoisotopic (exact) mass is 358 g/mol. The van der Waals surface area contributed by atoms with E-state index >= 15 is 0 Å². The van der Waals surface area contributed by atoms with Crippen LogP contribution >= 0.6 is 0 Å².